The summed E-state index contributed by atoms with van der Waals surface area (Å²) >= 11 is 1.69. The first kappa shape index (κ1) is 23.4. The number of carbonyl (C=O) groups is 1. The van der Waals surface area contributed by atoms with Gasteiger partial charge in [-0.25, -0.2) is 4.68 Å². The highest BCUT2D eigenvalue weighted by atomic mass is 32.1. The predicted octanol–water partition coefficient (Wildman–Crippen LogP) is 5.08. The molecular formula is C27H31N5O2S. The van der Waals surface area contributed by atoms with Gasteiger partial charge >= 0.3 is 0 Å². The molecule has 1 N–H and O–H groups in total. The van der Waals surface area contributed by atoms with E-state index >= 15 is 0 Å². The van der Waals surface area contributed by atoms with Crippen LogP contribution in [-0.4, -0.2) is 46.9 Å². The number of rotatable bonds is 7. The lowest BCUT2D eigenvalue weighted by molar-refractivity contribution is -0.123. The van der Waals surface area contributed by atoms with Crippen LogP contribution in [0.1, 0.15) is 43.4 Å². The van der Waals surface area contributed by atoms with Crippen LogP contribution in [-0.2, 0) is 4.79 Å². The Hall–Kier alpha value is -3.39. The number of benzene rings is 2. The highest BCUT2D eigenvalue weighted by Gasteiger charge is 2.27. The van der Waals surface area contributed by atoms with E-state index in [0.717, 1.165) is 70.5 Å². The van der Waals surface area contributed by atoms with E-state index in [0.29, 0.717) is 0 Å². The number of piperidine rings is 1. The van der Waals surface area contributed by atoms with Gasteiger partial charge in [-0.2, -0.15) is 10.1 Å². The van der Waals surface area contributed by atoms with Crippen molar-refractivity contribution in [2.24, 2.45) is 0 Å². The summed E-state index contributed by atoms with van der Waals surface area (Å²) in [7, 11) is 1.66. The first-order chi connectivity index (χ1) is 17.1. The molecule has 0 saturated carbocycles. The van der Waals surface area contributed by atoms with Crippen molar-refractivity contribution in [3.63, 3.8) is 0 Å². The number of hydrogen-bond donors (Lipinski definition) is 1. The Labute approximate surface area is 209 Å². The number of aromatic nitrogens is 3. The molecule has 1 amide bonds. The summed E-state index contributed by atoms with van der Waals surface area (Å²) < 4.78 is 8.30. The minimum absolute atomic E-state index is 0.0950. The minimum Gasteiger partial charge on any atom is -0.497 e. The van der Waals surface area contributed by atoms with E-state index in [4.69, 9.17) is 14.8 Å². The van der Waals surface area contributed by atoms with Gasteiger partial charge in [-0.3, -0.25) is 4.79 Å². The molecule has 5 rings (SSSR count). The van der Waals surface area contributed by atoms with Gasteiger partial charge < -0.3 is 15.0 Å². The summed E-state index contributed by atoms with van der Waals surface area (Å²) in [5.74, 6) is 0.853. The van der Waals surface area contributed by atoms with Crippen LogP contribution < -0.4 is 15.0 Å². The summed E-state index contributed by atoms with van der Waals surface area (Å²) in [6, 6.07) is 18.1. The van der Waals surface area contributed by atoms with Gasteiger partial charge in [-0.15, -0.1) is 0 Å². The third kappa shape index (κ3) is 4.75. The normalized spacial score (nSPS) is 15.3. The van der Waals surface area contributed by atoms with E-state index in [1.807, 2.05) is 66.2 Å². The molecule has 0 aliphatic carbocycles. The summed E-state index contributed by atoms with van der Waals surface area (Å²) in [6.07, 6.45) is 2.62. The molecule has 35 heavy (non-hydrogen) atoms. The zero-order chi connectivity index (χ0) is 24.4. The molecule has 1 fully saturated rings. The molecule has 8 heteroatoms. The second-order valence-corrected chi connectivity index (χ2v) is 9.96. The molecule has 1 aliphatic rings. The smallest absolute Gasteiger partial charge is 0.227 e. The van der Waals surface area contributed by atoms with Gasteiger partial charge in [0.2, 0.25) is 5.91 Å². The molecule has 3 heterocycles. The van der Waals surface area contributed by atoms with Gasteiger partial charge in [0.1, 0.15) is 5.75 Å². The number of thiazole rings is 1. The van der Waals surface area contributed by atoms with Gasteiger partial charge in [0.05, 0.1) is 29.1 Å². The zero-order valence-electron chi connectivity index (χ0n) is 20.4. The molecule has 2 aromatic carbocycles. The second-order valence-electron chi connectivity index (χ2n) is 8.99. The Bertz CT molecular complexity index is 1290. The van der Waals surface area contributed by atoms with Crippen molar-refractivity contribution in [2.75, 3.05) is 25.1 Å². The minimum atomic E-state index is -0.0950. The van der Waals surface area contributed by atoms with E-state index in [1.165, 1.54) is 0 Å². The van der Waals surface area contributed by atoms with Crippen molar-refractivity contribution in [1.82, 2.24) is 20.1 Å². The number of amides is 1. The molecule has 7 nitrogen and oxygen atoms in total. The van der Waals surface area contributed by atoms with Gasteiger partial charge in [-0.05, 0) is 56.0 Å². The standard InChI is InChI=1S/C27H31N5O2S/c1-4-23(19-8-6-5-7-9-19)26(33)28-20-14-16-31(17-15-20)27-29-25-24(35-27)18(2)30-32(25)21-10-12-22(34-3)13-11-21/h5-13,20,23H,4,14-17H2,1-3H3,(H,28,33)/t23-/m1/s1. The molecule has 0 radical (unpaired) electrons. The third-order valence-electron chi connectivity index (χ3n) is 6.73. The monoisotopic (exact) mass is 489 g/mol. The number of aryl methyl sites for hydroxylation is 1. The highest BCUT2D eigenvalue weighted by Crippen LogP contribution is 2.34. The molecule has 0 bridgehead atoms. The fraction of sp³-hybridized carbons (Fsp3) is 0.370. The maximum absolute atomic E-state index is 13.0. The van der Waals surface area contributed by atoms with Crippen LogP contribution in [0.2, 0.25) is 0 Å². The third-order valence-corrected chi connectivity index (χ3v) is 7.95. The predicted molar refractivity (Wildman–Crippen MR) is 141 cm³/mol. The van der Waals surface area contributed by atoms with Gasteiger partial charge in [0.25, 0.3) is 0 Å². The summed E-state index contributed by atoms with van der Waals surface area (Å²) in [5, 5.41) is 9.03. The number of carbonyl (C=O) groups excluding carboxylic acids is 1. The van der Waals surface area contributed by atoms with Gasteiger partial charge in [0, 0.05) is 19.1 Å². The van der Waals surface area contributed by atoms with Gasteiger partial charge in [0.15, 0.2) is 10.8 Å². The first-order valence-corrected chi connectivity index (χ1v) is 13.0. The van der Waals surface area contributed by atoms with Gasteiger partial charge in [-0.1, -0.05) is 48.6 Å². The van der Waals surface area contributed by atoms with Crippen LogP contribution in [0.25, 0.3) is 16.0 Å². The Balaban J connectivity index is 1.26. The number of fused-ring (bicyclic) bond motifs is 1. The highest BCUT2D eigenvalue weighted by molar-refractivity contribution is 7.22. The topological polar surface area (TPSA) is 72.3 Å². The van der Waals surface area contributed by atoms with Crippen LogP contribution in [0.5, 0.6) is 5.75 Å². The zero-order valence-corrected chi connectivity index (χ0v) is 21.2. The number of nitrogens with one attached hydrogen (secondary N) is 1. The number of nitrogens with zero attached hydrogens (tertiary/aromatic N) is 4. The van der Waals surface area contributed by atoms with E-state index in [2.05, 4.69) is 17.1 Å². The van der Waals surface area contributed by atoms with Crippen molar-refractivity contribution in [1.29, 1.82) is 0 Å². The lowest BCUT2D eigenvalue weighted by Crippen LogP contribution is -2.46. The molecular weight excluding hydrogens is 458 g/mol. The first-order valence-electron chi connectivity index (χ1n) is 12.2. The average Bonchev–Trinajstić information content (AvgIpc) is 3.46. The van der Waals surface area contributed by atoms with E-state index < -0.39 is 0 Å². The van der Waals surface area contributed by atoms with Crippen molar-refractivity contribution >= 4 is 32.7 Å². The SMILES string of the molecule is CC[C@@H](C(=O)NC1CCN(c2nc3c(s2)c(C)nn3-c2ccc(OC)cc2)CC1)c1ccccc1. The van der Waals surface area contributed by atoms with E-state index in [-0.39, 0.29) is 17.9 Å². The van der Waals surface area contributed by atoms with Crippen LogP contribution in [0, 0.1) is 6.92 Å². The van der Waals surface area contributed by atoms with E-state index in [1.54, 1.807) is 18.4 Å². The second kappa shape index (κ2) is 10.1. The molecule has 182 valence electrons. The molecule has 1 atom stereocenters. The quantitative estimate of drug-likeness (QED) is 0.392. The molecule has 0 spiro atoms. The largest absolute Gasteiger partial charge is 0.497 e. The Kier molecular flexibility index (Phi) is 6.72. The van der Waals surface area contributed by atoms with Crippen LogP contribution in [0.15, 0.2) is 54.6 Å². The molecule has 2 aromatic heterocycles. The van der Waals surface area contributed by atoms with Crippen molar-refractivity contribution in [3.05, 3.63) is 65.9 Å². The molecule has 4 aromatic rings. The molecule has 0 unspecified atom stereocenters. The number of ether oxygens (including phenoxy) is 1. The summed E-state index contributed by atoms with van der Waals surface area (Å²) in [4.78, 5) is 20.3. The van der Waals surface area contributed by atoms with Crippen LogP contribution >= 0.6 is 11.3 Å². The fourth-order valence-corrected chi connectivity index (χ4v) is 5.77. The number of hydrogen-bond acceptors (Lipinski definition) is 6. The summed E-state index contributed by atoms with van der Waals surface area (Å²) in [5.41, 5.74) is 3.91. The number of methoxy groups -OCH3 is 1. The van der Waals surface area contributed by atoms with Crippen LogP contribution in [0.3, 0.4) is 0 Å². The maximum Gasteiger partial charge on any atom is 0.227 e. The fourth-order valence-electron chi connectivity index (χ4n) is 4.74. The number of anilines is 1. The Morgan fingerprint density at radius 2 is 1.86 bits per heavy atom. The van der Waals surface area contributed by atoms with Crippen molar-refractivity contribution < 1.29 is 9.53 Å². The van der Waals surface area contributed by atoms with Crippen molar-refractivity contribution in [2.45, 2.75) is 45.1 Å². The molecule has 1 saturated heterocycles. The molecule has 1 aliphatic heterocycles. The Morgan fingerprint density at radius 1 is 1.14 bits per heavy atom. The van der Waals surface area contributed by atoms with Crippen LogP contribution in [0.4, 0.5) is 5.13 Å². The summed E-state index contributed by atoms with van der Waals surface area (Å²) in [6.45, 7) is 5.85. The van der Waals surface area contributed by atoms with Crippen molar-refractivity contribution in [3.8, 4) is 11.4 Å². The lowest BCUT2D eigenvalue weighted by Gasteiger charge is -2.33. The average molecular weight is 490 g/mol. The Morgan fingerprint density at radius 3 is 2.51 bits per heavy atom. The van der Waals surface area contributed by atoms with E-state index in [9.17, 15) is 4.79 Å². The lowest BCUT2D eigenvalue weighted by atomic mass is 9.94. The maximum atomic E-state index is 13.0.